The number of hydrogen-bond donors (Lipinski definition) is 1. The van der Waals surface area contributed by atoms with Crippen LogP contribution >= 0.6 is 0 Å². The molecular formula is C13H15F3O4. The van der Waals surface area contributed by atoms with Crippen LogP contribution in [0.25, 0.3) is 0 Å². The summed E-state index contributed by atoms with van der Waals surface area (Å²) in [7, 11) is 0. The van der Waals surface area contributed by atoms with E-state index in [1.54, 1.807) is 0 Å². The van der Waals surface area contributed by atoms with Gasteiger partial charge in [0.15, 0.2) is 6.29 Å². The molecule has 0 aromatic heterocycles. The first-order valence-electron chi connectivity index (χ1n) is 6.45. The molecule has 6 atom stereocenters. The normalized spacial score (nSPS) is 45.8. The summed E-state index contributed by atoms with van der Waals surface area (Å²) in [5.74, 6) is -1.90. The van der Waals surface area contributed by atoms with Gasteiger partial charge in [-0.2, -0.15) is 13.2 Å². The molecule has 0 amide bonds. The molecule has 0 radical (unpaired) electrons. The SMILES string of the molecule is C=C(C)C(=O)OC1C2CC3C1OC(O)C3(C(F)(F)F)C2. The van der Waals surface area contributed by atoms with Crippen LogP contribution in [0.1, 0.15) is 19.8 Å². The third kappa shape index (κ3) is 1.53. The summed E-state index contributed by atoms with van der Waals surface area (Å²) in [5.41, 5.74) is -2.01. The number of carbonyl (C=O) groups is 1. The van der Waals surface area contributed by atoms with Crippen LogP contribution in [0.2, 0.25) is 0 Å². The molecule has 4 nitrogen and oxygen atoms in total. The molecule has 20 heavy (non-hydrogen) atoms. The molecule has 0 aromatic carbocycles. The lowest BCUT2D eigenvalue weighted by Gasteiger charge is -2.36. The molecule has 3 aliphatic rings. The van der Waals surface area contributed by atoms with Crippen LogP contribution in [0.15, 0.2) is 12.2 Å². The van der Waals surface area contributed by atoms with Crippen LogP contribution < -0.4 is 0 Å². The van der Waals surface area contributed by atoms with Gasteiger partial charge in [-0.15, -0.1) is 0 Å². The minimum atomic E-state index is -4.52. The standard InChI is InChI=1S/C13H15F3O4/c1-5(2)10(17)19-8-6-3-7-9(8)20-11(18)12(7,4-6)13(14,15)16/h6-9,11,18H,1,3-4H2,2H3. The van der Waals surface area contributed by atoms with Crippen molar-refractivity contribution in [1.82, 2.24) is 0 Å². The highest BCUT2D eigenvalue weighted by atomic mass is 19.4. The zero-order valence-corrected chi connectivity index (χ0v) is 10.8. The summed E-state index contributed by atoms with van der Waals surface area (Å²) < 4.78 is 50.2. The van der Waals surface area contributed by atoms with Gasteiger partial charge in [0.2, 0.25) is 0 Å². The van der Waals surface area contributed by atoms with E-state index >= 15 is 0 Å². The van der Waals surface area contributed by atoms with E-state index in [-0.39, 0.29) is 18.4 Å². The molecule has 112 valence electrons. The fraction of sp³-hybridized carbons (Fsp3) is 0.769. The maximum Gasteiger partial charge on any atom is 0.399 e. The molecule has 2 saturated carbocycles. The molecule has 7 heteroatoms. The summed E-state index contributed by atoms with van der Waals surface area (Å²) in [6, 6.07) is 0. The highest BCUT2D eigenvalue weighted by Crippen LogP contribution is 2.69. The van der Waals surface area contributed by atoms with E-state index in [4.69, 9.17) is 9.47 Å². The van der Waals surface area contributed by atoms with E-state index in [1.807, 2.05) is 0 Å². The number of alkyl halides is 3. The largest absolute Gasteiger partial charge is 0.456 e. The maximum atomic E-state index is 13.3. The lowest BCUT2D eigenvalue weighted by molar-refractivity contribution is -0.280. The van der Waals surface area contributed by atoms with Crippen molar-refractivity contribution in [3.8, 4) is 0 Å². The summed E-state index contributed by atoms with van der Waals surface area (Å²) in [6.07, 6.45) is -8.01. The van der Waals surface area contributed by atoms with E-state index < -0.39 is 47.9 Å². The van der Waals surface area contributed by atoms with Crippen LogP contribution in [-0.4, -0.2) is 35.8 Å². The van der Waals surface area contributed by atoms with Crippen molar-refractivity contribution in [2.45, 2.75) is 44.4 Å². The molecular weight excluding hydrogens is 277 g/mol. The smallest absolute Gasteiger partial charge is 0.399 e. The van der Waals surface area contributed by atoms with E-state index in [2.05, 4.69) is 6.58 Å². The molecule has 1 aliphatic heterocycles. The van der Waals surface area contributed by atoms with Crippen molar-refractivity contribution < 1.29 is 32.5 Å². The monoisotopic (exact) mass is 292 g/mol. The lowest BCUT2D eigenvalue weighted by atomic mass is 9.72. The van der Waals surface area contributed by atoms with E-state index in [9.17, 15) is 23.1 Å². The maximum absolute atomic E-state index is 13.3. The van der Waals surface area contributed by atoms with E-state index in [1.165, 1.54) is 6.92 Å². The Bertz CT molecular complexity index is 475. The number of carbonyl (C=O) groups excluding carboxylic acids is 1. The quantitative estimate of drug-likeness (QED) is 0.622. The van der Waals surface area contributed by atoms with Crippen LogP contribution in [0.5, 0.6) is 0 Å². The molecule has 6 unspecified atom stereocenters. The second-order valence-electron chi connectivity index (χ2n) is 5.95. The Labute approximate surface area is 113 Å². The molecule has 3 rings (SSSR count). The first-order chi connectivity index (χ1) is 9.18. The minimum absolute atomic E-state index is 0.188. The topological polar surface area (TPSA) is 55.8 Å². The van der Waals surface area contributed by atoms with Crippen LogP contribution in [0.3, 0.4) is 0 Å². The third-order valence-electron chi connectivity index (χ3n) is 4.85. The van der Waals surface area contributed by atoms with Gasteiger partial charge in [-0.05, 0) is 19.8 Å². The van der Waals surface area contributed by atoms with Gasteiger partial charge in [0.05, 0.1) is 0 Å². The Morgan fingerprint density at radius 3 is 2.70 bits per heavy atom. The van der Waals surface area contributed by atoms with Gasteiger partial charge >= 0.3 is 12.1 Å². The zero-order valence-electron chi connectivity index (χ0n) is 10.8. The number of ether oxygens (including phenoxy) is 2. The fourth-order valence-electron chi connectivity index (χ4n) is 3.96. The van der Waals surface area contributed by atoms with Crippen molar-refractivity contribution in [2.24, 2.45) is 17.3 Å². The molecule has 1 N–H and O–H groups in total. The molecule has 1 heterocycles. The first-order valence-corrected chi connectivity index (χ1v) is 6.45. The number of fused-ring (bicyclic) bond motifs is 1. The molecule has 0 spiro atoms. The zero-order chi connectivity index (χ0) is 14.9. The van der Waals surface area contributed by atoms with Gasteiger partial charge < -0.3 is 14.6 Å². The third-order valence-corrected chi connectivity index (χ3v) is 4.85. The van der Waals surface area contributed by atoms with Crippen molar-refractivity contribution in [3.63, 3.8) is 0 Å². The van der Waals surface area contributed by atoms with Gasteiger partial charge in [0.25, 0.3) is 0 Å². The Balaban J connectivity index is 1.86. The number of halogens is 3. The molecule has 2 aliphatic carbocycles. The molecule has 0 aromatic rings. The predicted molar refractivity (Wildman–Crippen MR) is 60.3 cm³/mol. The number of aliphatic hydroxyl groups excluding tert-OH is 1. The summed E-state index contributed by atoms with van der Waals surface area (Å²) >= 11 is 0. The number of esters is 1. The van der Waals surface area contributed by atoms with Gasteiger partial charge in [-0.3, -0.25) is 0 Å². The van der Waals surface area contributed by atoms with E-state index in [0.29, 0.717) is 0 Å². The molecule has 1 saturated heterocycles. The average Bonchev–Trinajstić information content (AvgIpc) is 2.89. The highest BCUT2D eigenvalue weighted by Gasteiger charge is 2.79. The van der Waals surface area contributed by atoms with Crippen LogP contribution in [0, 0.1) is 17.3 Å². The Morgan fingerprint density at radius 1 is 1.50 bits per heavy atom. The van der Waals surface area contributed by atoms with Crippen LogP contribution in [0.4, 0.5) is 13.2 Å². The second-order valence-corrected chi connectivity index (χ2v) is 5.95. The average molecular weight is 292 g/mol. The number of rotatable bonds is 2. The van der Waals surface area contributed by atoms with Gasteiger partial charge in [0, 0.05) is 17.4 Å². The van der Waals surface area contributed by atoms with Crippen molar-refractivity contribution in [3.05, 3.63) is 12.2 Å². The summed E-state index contributed by atoms with van der Waals surface area (Å²) in [6.45, 7) is 4.92. The van der Waals surface area contributed by atoms with Crippen molar-refractivity contribution in [2.75, 3.05) is 0 Å². The number of aliphatic hydroxyl groups is 1. The minimum Gasteiger partial charge on any atom is -0.456 e. The van der Waals surface area contributed by atoms with Crippen LogP contribution in [-0.2, 0) is 14.3 Å². The molecule has 2 bridgehead atoms. The van der Waals surface area contributed by atoms with E-state index in [0.717, 1.165) is 0 Å². The Morgan fingerprint density at radius 2 is 2.15 bits per heavy atom. The summed E-state index contributed by atoms with van der Waals surface area (Å²) in [5, 5.41) is 9.74. The van der Waals surface area contributed by atoms with Gasteiger partial charge in [0.1, 0.15) is 17.6 Å². The Kier molecular flexibility index (Phi) is 2.76. The van der Waals surface area contributed by atoms with Gasteiger partial charge in [-0.1, -0.05) is 6.58 Å². The molecule has 3 fully saturated rings. The highest BCUT2D eigenvalue weighted by molar-refractivity contribution is 5.87. The van der Waals surface area contributed by atoms with Gasteiger partial charge in [-0.25, -0.2) is 4.79 Å². The summed E-state index contributed by atoms with van der Waals surface area (Å²) in [4.78, 5) is 11.5. The second kappa shape index (κ2) is 3.98. The fourth-order valence-corrected chi connectivity index (χ4v) is 3.96. The lowest BCUT2D eigenvalue weighted by Crippen LogP contribution is -2.50. The Hall–Kier alpha value is -1.08. The van der Waals surface area contributed by atoms with Crippen molar-refractivity contribution >= 4 is 5.97 Å². The van der Waals surface area contributed by atoms with Crippen molar-refractivity contribution in [1.29, 1.82) is 0 Å². The first kappa shape index (κ1) is 13.9. The number of hydrogen-bond acceptors (Lipinski definition) is 4. The predicted octanol–water partition coefficient (Wildman–Crippen LogP) is 1.78.